The molecule has 24 heavy (non-hydrogen) atoms. The molecule has 1 saturated heterocycles. The number of likely N-dealkylation sites (tertiary alicyclic amines) is 1. The fraction of sp³-hybridized carbons (Fsp3) is 0.588. The monoisotopic (exact) mass is 336 g/mol. The van der Waals surface area contributed by atoms with Gasteiger partial charge in [0.1, 0.15) is 0 Å². The quantitative estimate of drug-likeness (QED) is 0.831. The molecule has 0 bridgehead atoms. The molecule has 1 atom stereocenters. The maximum atomic E-state index is 11.6. The Morgan fingerprint density at radius 2 is 2.29 bits per heavy atom. The molecule has 3 rings (SSSR count). The number of piperidine rings is 1. The van der Waals surface area contributed by atoms with Gasteiger partial charge < -0.3 is 24.6 Å². The van der Waals surface area contributed by atoms with Crippen LogP contribution in [0.2, 0.25) is 0 Å². The van der Waals surface area contributed by atoms with Crippen molar-refractivity contribution in [3.8, 4) is 17.2 Å². The molecule has 7 nitrogen and oxygen atoms in total. The number of carbonyl (C=O) groups excluding carboxylic acids is 1. The van der Waals surface area contributed by atoms with Crippen molar-refractivity contribution in [1.29, 1.82) is 0 Å². The van der Waals surface area contributed by atoms with Gasteiger partial charge in [0.25, 0.3) is 0 Å². The molecular formula is C17H24N2O5. The van der Waals surface area contributed by atoms with E-state index in [1.54, 1.807) is 14.2 Å². The van der Waals surface area contributed by atoms with Crippen LogP contribution in [-0.2, 0) is 11.3 Å². The van der Waals surface area contributed by atoms with Crippen molar-refractivity contribution >= 4 is 5.91 Å². The first-order valence-electron chi connectivity index (χ1n) is 8.15. The second-order valence-corrected chi connectivity index (χ2v) is 6.42. The highest BCUT2D eigenvalue weighted by atomic mass is 16.7. The van der Waals surface area contributed by atoms with Crippen LogP contribution in [0.15, 0.2) is 12.1 Å². The molecule has 0 aliphatic carbocycles. The molecule has 0 saturated carbocycles. The molecule has 0 aromatic heterocycles. The fourth-order valence-electron chi connectivity index (χ4n) is 3.41. The number of rotatable bonds is 5. The maximum Gasteiger partial charge on any atom is 0.231 e. The van der Waals surface area contributed by atoms with E-state index < -0.39 is 5.60 Å². The van der Waals surface area contributed by atoms with Gasteiger partial charge >= 0.3 is 0 Å². The number of carbonyl (C=O) groups is 1. The van der Waals surface area contributed by atoms with Gasteiger partial charge in [0, 0.05) is 20.1 Å². The molecule has 1 amide bonds. The Bertz CT molecular complexity index is 621. The number of aliphatic hydroxyl groups is 1. The molecule has 2 aliphatic heterocycles. The van der Waals surface area contributed by atoms with Crippen molar-refractivity contribution < 1.29 is 24.1 Å². The van der Waals surface area contributed by atoms with Crippen LogP contribution < -0.4 is 19.5 Å². The summed E-state index contributed by atoms with van der Waals surface area (Å²) in [5, 5.41) is 13.3. The lowest BCUT2D eigenvalue weighted by Crippen LogP contribution is -2.49. The second-order valence-electron chi connectivity index (χ2n) is 6.42. The van der Waals surface area contributed by atoms with Crippen LogP contribution in [0.4, 0.5) is 0 Å². The standard InChI is InChI=1S/C17H24N2O5/c1-18-15(20)8-17(21)4-3-5-19(10-17)9-12-6-13(22-2)16-14(7-12)23-11-24-16/h6-7,21H,3-5,8-11H2,1-2H3,(H,18,20). The summed E-state index contributed by atoms with van der Waals surface area (Å²) in [6.45, 7) is 2.21. The van der Waals surface area contributed by atoms with Crippen LogP contribution in [0.25, 0.3) is 0 Å². The van der Waals surface area contributed by atoms with Crippen molar-refractivity contribution in [2.24, 2.45) is 0 Å². The van der Waals surface area contributed by atoms with E-state index in [0.29, 0.717) is 36.8 Å². The van der Waals surface area contributed by atoms with Gasteiger partial charge in [-0.15, -0.1) is 0 Å². The van der Waals surface area contributed by atoms with Crippen LogP contribution in [-0.4, -0.2) is 55.6 Å². The molecule has 1 aromatic rings. The van der Waals surface area contributed by atoms with Crippen LogP contribution in [0.1, 0.15) is 24.8 Å². The Morgan fingerprint density at radius 3 is 3.04 bits per heavy atom. The third-order valence-electron chi connectivity index (χ3n) is 4.53. The molecule has 0 radical (unpaired) electrons. The first-order chi connectivity index (χ1) is 11.5. The maximum absolute atomic E-state index is 11.6. The summed E-state index contributed by atoms with van der Waals surface area (Å²) in [5.74, 6) is 1.83. The van der Waals surface area contributed by atoms with Gasteiger partial charge in [0.05, 0.1) is 19.1 Å². The minimum Gasteiger partial charge on any atom is -0.493 e. The van der Waals surface area contributed by atoms with Crippen molar-refractivity contribution in [3.63, 3.8) is 0 Å². The summed E-state index contributed by atoms with van der Waals surface area (Å²) in [7, 11) is 3.19. The number of benzene rings is 1. The average molecular weight is 336 g/mol. The highest BCUT2D eigenvalue weighted by Crippen LogP contribution is 2.42. The molecule has 2 aliphatic rings. The predicted octanol–water partition coefficient (Wildman–Crippen LogP) is 0.887. The van der Waals surface area contributed by atoms with E-state index in [1.165, 1.54) is 0 Å². The van der Waals surface area contributed by atoms with Crippen molar-refractivity contribution in [2.45, 2.75) is 31.4 Å². The lowest BCUT2D eigenvalue weighted by Gasteiger charge is -2.39. The number of hydrogen-bond donors (Lipinski definition) is 2. The molecule has 1 unspecified atom stereocenters. The van der Waals surface area contributed by atoms with E-state index in [-0.39, 0.29) is 19.1 Å². The number of methoxy groups -OCH3 is 1. The van der Waals surface area contributed by atoms with Crippen molar-refractivity contribution in [3.05, 3.63) is 17.7 Å². The van der Waals surface area contributed by atoms with Crippen molar-refractivity contribution in [1.82, 2.24) is 10.2 Å². The van der Waals surface area contributed by atoms with E-state index in [0.717, 1.165) is 18.5 Å². The van der Waals surface area contributed by atoms with E-state index in [4.69, 9.17) is 14.2 Å². The van der Waals surface area contributed by atoms with Gasteiger partial charge in [0.2, 0.25) is 18.4 Å². The number of hydrogen-bond acceptors (Lipinski definition) is 6. The Labute approximate surface area is 141 Å². The van der Waals surface area contributed by atoms with Gasteiger partial charge in [-0.3, -0.25) is 9.69 Å². The summed E-state index contributed by atoms with van der Waals surface area (Å²) in [6.07, 6.45) is 1.63. The number of nitrogens with zero attached hydrogens (tertiary/aromatic N) is 1. The third kappa shape index (κ3) is 3.57. The summed E-state index contributed by atoms with van der Waals surface area (Å²) >= 11 is 0. The molecule has 1 fully saturated rings. The molecule has 7 heteroatoms. The zero-order valence-corrected chi connectivity index (χ0v) is 14.1. The van der Waals surface area contributed by atoms with Gasteiger partial charge in [-0.2, -0.15) is 0 Å². The second kappa shape index (κ2) is 6.86. The van der Waals surface area contributed by atoms with Crippen LogP contribution in [0, 0.1) is 0 Å². The highest BCUT2D eigenvalue weighted by molar-refractivity contribution is 5.76. The first-order valence-corrected chi connectivity index (χ1v) is 8.15. The predicted molar refractivity (Wildman–Crippen MR) is 87.3 cm³/mol. The minimum absolute atomic E-state index is 0.129. The molecule has 0 spiro atoms. The number of amides is 1. The zero-order valence-electron chi connectivity index (χ0n) is 14.1. The summed E-state index contributed by atoms with van der Waals surface area (Å²) in [6, 6.07) is 3.87. The lowest BCUT2D eigenvalue weighted by molar-refractivity contribution is -0.128. The van der Waals surface area contributed by atoms with Gasteiger partial charge in [-0.25, -0.2) is 0 Å². The lowest BCUT2D eigenvalue weighted by atomic mass is 9.89. The van der Waals surface area contributed by atoms with Crippen molar-refractivity contribution in [2.75, 3.05) is 34.0 Å². The highest BCUT2D eigenvalue weighted by Gasteiger charge is 2.35. The number of fused-ring (bicyclic) bond motifs is 1. The van der Waals surface area contributed by atoms with Crippen LogP contribution in [0.3, 0.4) is 0 Å². The van der Waals surface area contributed by atoms with Crippen LogP contribution in [0.5, 0.6) is 17.2 Å². The van der Waals surface area contributed by atoms with Gasteiger partial charge in [-0.1, -0.05) is 0 Å². The Kier molecular flexibility index (Phi) is 4.82. The van der Waals surface area contributed by atoms with E-state index in [9.17, 15) is 9.90 Å². The minimum atomic E-state index is -0.973. The molecule has 1 aromatic carbocycles. The molecular weight excluding hydrogens is 312 g/mol. The Morgan fingerprint density at radius 1 is 1.46 bits per heavy atom. The summed E-state index contributed by atoms with van der Waals surface area (Å²) in [5.41, 5.74) is 0.0546. The third-order valence-corrected chi connectivity index (χ3v) is 4.53. The normalized spacial score (nSPS) is 23.1. The van der Waals surface area contributed by atoms with E-state index in [1.807, 2.05) is 12.1 Å². The average Bonchev–Trinajstić information content (AvgIpc) is 3.02. The number of ether oxygens (including phenoxy) is 3. The van der Waals surface area contributed by atoms with Gasteiger partial charge in [0.15, 0.2) is 11.5 Å². The number of nitrogens with one attached hydrogen (secondary N) is 1. The Balaban J connectivity index is 1.71. The van der Waals surface area contributed by atoms with Crippen LogP contribution >= 0.6 is 0 Å². The van der Waals surface area contributed by atoms with E-state index >= 15 is 0 Å². The first kappa shape index (κ1) is 16.9. The topological polar surface area (TPSA) is 80.3 Å². The molecule has 2 N–H and O–H groups in total. The molecule has 132 valence electrons. The van der Waals surface area contributed by atoms with E-state index in [2.05, 4.69) is 10.2 Å². The summed E-state index contributed by atoms with van der Waals surface area (Å²) in [4.78, 5) is 13.8. The summed E-state index contributed by atoms with van der Waals surface area (Å²) < 4.78 is 16.2. The SMILES string of the molecule is CNC(=O)CC1(O)CCCN(Cc2cc(OC)c3c(c2)OCO3)C1. The number of β-amino-alcohol motifs (C(OH)–C–C–N with tert-alkyl or cyclic N) is 1. The molecule has 2 heterocycles. The smallest absolute Gasteiger partial charge is 0.231 e. The largest absolute Gasteiger partial charge is 0.493 e. The fourth-order valence-corrected chi connectivity index (χ4v) is 3.41. The van der Waals surface area contributed by atoms with Gasteiger partial charge in [-0.05, 0) is 37.1 Å². The Hall–Kier alpha value is -1.99. The zero-order chi connectivity index (χ0) is 17.2.